The van der Waals surface area contributed by atoms with Crippen molar-refractivity contribution < 1.29 is 9.47 Å². The van der Waals surface area contributed by atoms with Crippen LogP contribution in [0.1, 0.15) is 25.7 Å². The van der Waals surface area contributed by atoms with Crippen LogP contribution in [0.2, 0.25) is 0 Å². The summed E-state index contributed by atoms with van der Waals surface area (Å²) >= 11 is 0. The highest BCUT2D eigenvalue weighted by atomic mass is 16.5. The zero-order chi connectivity index (χ0) is 13.5. The molecule has 1 aliphatic heterocycles. The Morgan fingerprint density at radius 3 is 2.79 bits per heavy atom. The van der Waals surface area contributed by atoms with Gasteiger partial charge in [0.25, 0.3) is 0 Å². The molecule has 1 aromatic rings. The summed E-state index contributed by atoms with van der Waals surface area (Å²) in [6.07, 6.45) is 8.34. The third kappa shape index (κ3) is 4.06. The molecule has 5 nitrogen and oxygen atoms in total. The van der Waals surface area contributed by atoms with Gasteiger partial charge in [-0.05, 0) is 31.6 Å². The van der Waals surface area contributed by atoms with Gasteiger partial charge in [-0.1, -0.05) is 0 Å². The van der Waals surface area contributed by atoms with Crippen molar-refractivity contribution >= 4 is 5.95 Å². The van der Waals surface area contributed by atoms with Crippen molar-refractivity contribution in [1.29, 1.82) is 0 Å². The Morgan fingerprint density at radius 2 is 2.11 bits per heavy atom. The van der Waals surface area contributed by atoms with E-state index in [1.54, 1.807) is 26.6 Å². The second-order valence-electron chi connectivity index (χ2n) is 5.01. The van der Waals surface area contributed by atoms with Gasteiger partial charge in [0.05, 0.1) is 19.5 Å². The van der Waals surface area contributed by atoms with Crippen LogP contribution in [0.15, 0.2) is 12.4 Å². The van der Waals surface area contributed by atoms with E-state index in [2.05, 4.69) is 14.9 Å². The fourth-order valence-electron chi connectivity index (χ4n) is 2.58. The Morgan fingerprint density at radius 1 is 1.32 bits per heavy atom. The van der Waals surface area contributed by atoms with Gasteiger partial charge in [0.1, 0.15) is 0 Å². The van der Waals surface area contributed by atoms with Crippen LogP contribution in [0, 0.1) is 5.92 Å². The average molecular weight is 265 g/mol. The summed E-state index contributed by atoms with van der Waals surface area (Å²) in [7, 11) is 3.39. The molecule has 0 amide bonds. The van der Waals surface area contributed by atoms with Gasteiger partial charge < -0.3 is 14.4 Å². The second-order valence-corrected chi connectivity index (χ2v) is 5.01. The Labute approximate surface area is 115 Å². The maximum atomic E-state index is 5.12. The minimum absolute atomic E-state index is 0.706. The number of aromatic nitrogens is 2. The summed E-state index contributed by atoms with van der Waals surface area (Å²) in [5.74, 6) is 2.25. The monoisotopic (exact) mass is 265 g/mol. The van der Waals surface area contributed by atoms with Gasteiger partial charge in [-0.15, -0.1) is 0 Å². The Hall–Kier alpha value is -1.36. The Bertz CT molecular complexity index is 369. The minimum Gasteiger partial charge on any atom is -0.494 e. The largest absolute Gasteiger partial charge is 0.494 e. The van der Waals surface area contributed by atoms with Crippen LogP contribution in [0.25, 0.3) is 0 Å². The molecule has 2 rings (SSSR count). The number of nitrogens with zero attached hydrogens (tertiary/aromatic N) is 3. The van der Waals surface area contributed by atoms with Gasteiger partial charge in [0.15, 0.2) is 5.75 Å². The number of hydrogen-bond acceptors (Lipinski definition) is 5. The molecule has 2 heterocycles. The fraction of sp³-hybridized carbons (Fsp3) is 0.714. The van der Waals surface area contributed by atoms with Gasteiger partial charge in [-0.3, -0.25) is 0 Å². The van der Waals surface area contributed by atoms with Gasteiger partial charge in [0, 0.05) is 26.8 Å². The molecule has 19 heavy (non-hydrogen) atoms. The van der Waals surface area contributed by atoms with Crippen molar-refractivity contribution in [3.63, 3.8) is 0 Å². The molecule has 0 aromatic carbocycles. The number of hydrogen-bond donors (Lipinski definition) is 0. The van der Waals surface area contributed by atoms with E-state index in [1.165, 1.54) is 19.3 Å². The third-order valence-electron chi connectivity index (χ3n) is 3.61. The lowest BCUT2D eigenvalue weighted by Crippen LogP contribution is -2.36. The maximum absolute atomic E-state index is 5.12. The third-order valence-corrected chi connectivity index (χ3v) is 3.61. The first-order chi connectivity index (χ1) is 9.33. The van der Waals surface area contributed by atoms with Crippen LogP contribution in [0.5, 0.6) is 5.75 Å². The first-order valence-corrected chi connectivity index (χ1v) is 6.93. The Kier molecular flexibility index (Phi) is 5.39. The fourth-order valence-corrected chi connectivity index (χ4v) is 2.58. The zero-order valence-corrected chi connectivity index (χ0v) is 11.8. The lowest BCUT2D eigenvalue weighted by molar-refractivity contribution is 0.184. The van der Waals surface area contributed by atoms with Gasteiger partial charge in [-0.2, -0.15) is 0 Å². The average Bonchev–Trinajstić information content (AvgIpc) is 2.48. The van der Waals surface area contributed by atoms with Crippen LogP contribution in [0.3, 0.4) is 0 Å². The van der Waals surface area contributed by atoms with E-state index in [4.69, 9.17) is 9.47 Å². The number of rotatable bonds is 6. The summed E-state index contributed by atoms with van der Waals surface area (Å²) in [5, 5.41) is 0. The molecule has 106 valence electrons. The van der Waals surface area contributed by atoms with Crippen LogP contribution >= 0.6 is 0 Å². The molecule has 0 saturated carbocycles. The number of methoxy groups -OCH3 is 2. The second kappa shape index (κ2) is 7.28. The van der Waals surface area contributed by atoms with Crippen LogP contribution in [-0.4, -0.2) is 43.9 Å². The van der Waals surface area contributed by atoms with Crippen molar-refractivity contribution in [1.82, 2.24) is 9.97 Å². The molecule has 1 saturated heterocycles. The van der Waals surface area contributed by atoms with Crippen molar-refractivity contribution in [2.45, 2.75) is 25.7 Å². The van der Waals surface area contributed by atoms with Crippen LogP contribution in [-0.2, 0) is 4.74 Å². The highest BCUT2D eigenvalue weighted by Gasteiger charge is 2.21. The summed E-state index contributed by atoms with van der Waals surface area (Å²) < 4.78 is 10.2. The SMILES string of the molecule is COCCC[C@@H]1CCCN(c2ncc(OC)cn2)C1. The van der Waals surface area contributed by atoms with Gasteiger partial charge in [0.2, 0.25) is 5.95 Å². The smallest absolute Gasteiger partial charge is 0.225 e. The number of anilines is 1. The number of piperidine rings is 1. The molecule has 0 bridgehead atoms. The predicted molar refractivity (Wildman–Crippen MR) is 74.6 cm³/mol. The molecule has 5 heteroatoms. The van der Waals surface area contributed by atoms with Crippen LogP contribution < -0.4 is 9.64 Å². The molecular weight excluding hydrogens is 242 g/mol. The quantitative estimate of drug-likeness (QED) is 0.737. The highest BCUT2D eigenvalue weighted by Crippen LogP contribution is 2.24. The normalized spacial score (nSPS) is 19.5. The molecule has 1 atom stereocenters. The van der Waals surface area contributed by atoms with E-state index in [-0.39, 0.29) is 0 Å². The maximum Gasteiger partial charge on any atom is 0.225 e. The molecule has 0 unspecified atom stereocenters. The van der Waals surface area contributed by atoms with Gasteiger partial charge in [-0.25, -0.2) is 9.97 Å². The van der Waals surface area contributed by atoms with Crippen molar-refractivity contribution in [2.75, 3.05) is 38.8 Å². The minimum atomic E-state index is 0.706. The van der Waals surface area contributed by atoms with E-state index < -0.39 is 0 Å². The topological polar surface area (TPSA) is 47.5 Å². The standard InChI is InChI=1S/C14H23N3O2/c1-18-8-4-6-12-5-3-7-17(11-12)14-15-9-13(19-2)10-16-14/h9-10,12H,3-8,11H2,1-2H3/t12-/m0/s1. The molecule has 1 aromatic heterocycles. The molecule has 1 aliphatic rings. The Balaban J connectivity index is 1.88. The number of ether oxygens (including phenoxy) is 2. The lowest BCUT2D eigenvalue weighted by atomic mass is 9.94. The van der Waals surface area contributed by atoms with Crippen LogP contribution in [0.4, 0.5) is 5.95 Å². The molecular formula is C14H23N3O2. The first-order valence-electron chi connectivity index (χ1n) is 6.93. The lowest BCUT2D eigenvalue weighted by Gasteiger charge is -2.32. The predicted octanol–water partition coefficient (Wildman–Crippen LogP) is 2.13. The van der Waals surface area contributed by atoms with E-state index >= 15 is 0 Å². The first kappa shape index (κ1) is 14.1. The van der Waals surface area contributed by atoms with E-state index in [1.807, 2.05) is 0 Å². The van der Waals surface area contributed by atoms with Crippen molar-refractivity contribution in [3.05, 3.63) is 12.4 Å². The highest BCUT2D eigenvalue weighted by molar-refractivity contribution is 5.32. The molecule has 0 radical (unpaired) electrons. The van der Waals surface area contributed by atoms with E-state index in [0.717, 1.165) is 38.0 Å². The molecule has 0 spiro atoms. The zero-order valence-electron chi connectivity index (χ0n) is 11.8. The van der Waals surface area contributed by atoms with Crippen molar-refractivity contribution in [3.8, 4) is 5.75 Å². The summed E-state index contributed by atoms with van der Waals surface area (Å²) in [6.45, 7) is 2.96. The molecule has 0 aliphatic carbocycles. The summed E-state index contributed by atoms with van der Waals surface area (Å²) in [4.78, 5) is 11.0. The van der Waals surface area contributed by atoms with Gasteiger partial charge >= 0.3 is 0 Å². The van der Waals surface area contributed by atoms with Crippen molar-refractivity contribution in [2.24, 2.45) is 5.92 Å². The molecule has 0 N–H and O–H groups in total. The molecule has 1 fully saturated rings. The summed E-state index contributed by atoms with van der Waals surface area (Å²) in [5.41, 5.74) is 0. The van der Waals surface area contributed by atoms with E-state index in [0.29, 0.717) is 5.75 Å². The van der Waals surface area contributed by atoms with E-state index in [9.17, 15) is 0 Å². The summed E-state index contributed by atoms with van der Waals surface area (Å²) in [6, 6.07) is 0.